The van der Waals surface area contributed by atoms with Crippen LogP contribution in [0.15, 0.2) is 0 Å². The average Bonchev–Trinajstić information content (AvgIpc) is 2.24. The fraction of sp³-hybridized carbons (Fsp3) is 0.923. The van der Waals surface area contributed by atoms with Crippen LogP contribution < -0.4 is 5.73 Å². The Morgan fingerprint density at radius 3 is 2.67 bits per heavy atom. The molecule has 0 aromatic carbocycles. The first-order valence-electron chi connectivity index (χ1n) is 6.69. The highest BCUT2D eigenvalue weighted by Crippen LogP contribution is 2.33. The summed E-state index contributed by atoms with van der Waals surface area (Å²) < 4.78 is 5.70. The van der Waals surface area contributed by atoms with E-state index in [-0.39, 0.29) is 24.2 Å². The number of aliphatic hydroxyl groups is 1. The van der Waals surface area contributed by atoms with E-state index in [1.165, 1.54) is 0 Å². The lowest BCUT2D eigenvalue weighted by Crippen LogP contribution is -2.58. The number of carbonyl (C=O) groups is 1. The Morgan fingerprint density at radius 1 is 1.50 bits per heavy atom. The maximum Gasteiger partial charge on any atom is 0.224 e. The molecule has 1 aliphatic carbocycles. The van der Waals surface area contributed by atoms with Gasteiger partial charge in [-0.2, -0.15) is 0 Å². The average molecular weight is 256 g/mol. The lowest BCUT2D eigenvalue weighted by molar-refractivity contribution is -0.168. The number of rotatable bonds is 3. The molecule has 0 spiro atoms. The van der Waals surface area contributed by atoms with Gasteiger partial charge in [0.25, 0.3) is 0 Å². The number of ether oxygens (including phenoxy) is 1. The SMILES string of the molecule is CC1(C)CN(C(=O)CC2(N)CCC2)CC(CO)O1. The summed E-state index contributed by atoms with van der Waals surface area (Å²) in [5.41, 5.74) is 5.43. The first-order valence-corrected chi connectivity index (χ1v) is 6.69. The van der Waals surface area contributed by atoms with Crippen molar-refractivity contribution in [1.82, 2.24) is 4.90 Å². The van der Waals surface area contributed by atoms with E-state index < -0.39 is 5.60 Å². The van der Waals surface area contributed by atoms with E-state index in [0.29, 0.717) is 19.5 Å². The second-order valence-electron chi connectivity index (χ2n) is 6.35. The Balaban J connectivity index is 1.96. The minimum absolute atomic E-state index is 0.0546. The van der Waals surface area contributed by atoms with Crippen LogP contribution in [0.1, 0.15) is 39.5 Å². The molecule has 0 radical (unpaired) electrons. The molecule has 5 nitrogen and oxygen atoms in total. The van der Waals surface area contributed by atoms with E-state index in [1.807, 2.05) is 13.8 Å². The maximum atomic E-state index is 12.3. The number of carbonyl (C=O) groups excluding carboxylic acids is 1. The largest absolute Gasteiger partial charge is 0.394 e. The Kier molecular flexibility index (Phi) is 3.67. The Hall–Kier alpha value is -0.650. The molecule has 2 rings (SSSR count). The second-order valence-corrected chi connectivity index (χ2v) is 6.35. The van der Waals surface area contributed by atoms with Crippen LogP contribution in [0.3, 0.4) is 0 Å². The number of nitrogens with two attached hydrogens (primary N) is 1. The molecule has 0 aromatic rings. The molecule has 104 valence electrons. The summed E-state index contributed by atoms with van der Waals surface area (Å²) in [6, 6.07) is 0. The third kappa shape index (κ3) is 3.02. The van der Waals surface area contributed by atoms with Gasteiger partial charge in [0, 0.05) is 25.0 Å². The van der Waals surface area contributed by atoms with Gasteiger partial charge in [0.15, 0.2) is 0 Å². The van der Waals surface area contributed by atoms with E-state index >= 15 is 0 Å². The number of morpholine rings is 1. The van der Waals surface area contributed by atoms with E-state index in [1.54, 1.807) is 4.90 Å². The highest BCUT2D eigenvalue weighted by molar-refractivity contribution is 5.78. The van der Waals surface area contributed by atoms with Gasteiger partial charge in [0.05, 0.1) is 18.3 Å². The number of amides is 1. The van der Waals surface area contributed by atoms with Crippen LogP contribution in [-0.4, -0.2) is 52.9 Å². The Bertz CT molecular complexity index is 326. The van der Waals surface area contributed by atoms with Gasteiger partial charge >= 0.3 is 0 Å². The molecule has 5 heteroatoms. The second kappa shape index (κ2) is 4.79. The summed E-state index contributed by atoms with van der Waals surface area (Å²) in [7, 11) is 0. The van der Waals surface area contributed by atoms with Crippen molar-refractivity contribution in [3.63, 3.8) is 0 Å². The molecule has 0 bridgehead atoms. The minimum atomic E-state index is -0.400. The summed E-state index contributed by atoms with van der Waals surface area (Å²) in [4.78, 5) is 14.1. The van der Waals surface area contributed by atoms with Gasteiger partial charge in [-0.15, -0.1) is 0 Å². The standard InChI is InChI=1S/C13H24N2O3/c1-12(2)9-15(7-10(8-16)18-12)11(17)6-13(14)4-3-5-13/h10,16H,3-9,14H2,1-2H3. The van der Waals surface area contributed by atoms with Gasteiger partial charge in [-0.3, -0.25) is 4.79 Å². The number of nitrogens with zero attached hydrogens (tertiary/aromatic N) is 1. The fourth-order valence-electron chi connectivity index (χ4n) is 2.80. The van der Waals surface area contributed by atoms with E-state index in [9.17, 15) is 9.90 Å². The number of hydrogen-bond donors (Lipinski definition) is 2. The zero-order valence-corrected chi connectivity index (χ0v) is 11.3. The molecule has 1 amide bonds. The first-order chi connectivity index (χ1) is 8.34. The van der Waals surface area contributed by atoms with Crippen molar-refractivity contribution in [1.29, 1.82) is 0 Å². The zero-order chi connectivity index (χ0) is 13.4. The molecule has 1 atom stereocenters. The van der Waals surface area contributed by atoms with Crippen molar-refractivity contribution in [3.05, 3.63) is 0 Å². The molecule has 18 heavy (non-hydrogen) atoms. The maximum absolute atomic E-state index is 12.3. The predicted octanol–water partition coefficient (Wildman–Crippen LogP) is 0.256. The molecule has 1 aliphatic heterocycles. The summed E-state index contributed by atoms with van der Waals surface area (Å²) >= 11 is 0. The molecule has 1 saturated heterocycles. The quantitative estimate of drug-likeness (QED) is 0.759. The molecule has 1 unspecified atom stereocenters. The zero-order valence-electron chi connectivity index (χ0n) is 11.3. The smallest absolute Gasteiger partial charge is 0.224 e. The van der Waals surface area contributed by atoms with Crippen LogP contribution in [0.25, 0.3) is 0 Å². The summed E-state index contributed by atoms with van der Waals surface area (Å²) in [5, 5.41) is 9.23. The van der Waals surface area contributed by atoms with Crippen molar-refractivity contribution in [2.75, 3.05) is 19.7 Å². The molecular formula is C13H24N2O3. The monoisotopic (exact) mass is 256 g/mol. The third-order valence-corrected chi connectivity index (χ3v) is 3.89. The lowest BCUT2D eigenvalue weighted by atomic mass is 9.75. The normalized spacial score (nSPS) is 29.8. The van der Waals surface area contributed by atoms with Crippen LogP contribution in [0, 0.1) is 0 Å². The van der Waals surface area contributed by atoms with E-state index in [2.05, 4.69) is 0 Å². The molecule has 2 aliphatic rings. The van der Waals surface area contributed by atoms with Gasteiger partial charge < -0.3 is 20.5 Å². The number of hydrogen-bond acceptors (Lipinski definition) is 4. The van der Waals surface area contributed by atoms with Crippen LogP contribution in [0.2, 0.25) is 0 Å². The highest BCUT2D eigenvalue weighted by Gasteiger charge is 2.40. The van der Waals surface area contributed by atoms with Crippen LogP contribution in [0.4, 0.5) is 0 Å². The number of aliphatic hydroxyl groups excluding tert-OH is 1. The Labute approximate surface area is 108 Å². The van der Waals surface area contributed by atoms with Gasteiger partial charge in [-0.05, 0) is 33.1 Å². The van der Waals surface area contributed by atoms with Crippen molar-refractivity contribution >= 4 is 5.91 Å². The summed E-state index contributed by atoms with van der Waals surface area (Å²) in [6.07, 6.45) is 3.14. The predicted molar refractivity (Wildman–Crippen MR) is 68.0 cm³/mol. The molecule has 2 fully saturated rings. The van der Waals surface area contributed by atoms with Crippen LogP contribution >= 0.6 is 0 Å². The lowest BCUT2D eigenvalue weighted by Gasteiger charge is -2.44. The molecular weight excluding hydrogens is 232 g/mol. The minimum Gasteiger partial charge on any atom is -0.394 e. The van der Waals surface area contributed by atoms with E-state index in [0.717, 1.165) is 19.3 Å². The molecule has 3 N–H and O–H groups in total. The highest BCUT2D eigenvalue weighted by atomic mass is 16.5. The van der Waals surface area contributed by atoms with Crippen molar-refractivity contribution in [2.24, 2.45) is 5.73 Å². The molecule has 1 saturated carbocycles. The topological polar surface area (TPSA) is 75.8 Å². The van der Waals surface area contributed by atoms with Gasteiger partial charge in [-0.25, -0.2) is 0 Å². The van der Waals surface area contributed by atoms with Crippen molar-refractivity contribution in [3.8, 4) is 0 Å². The van der Waals surface area contributed by atoms with Crippen molar-refractivity contribution in [2.45, 2.75) is 56.8 Å². The summed E-state index contributed by atoms with van der Waals surface area (Å²) in [5.74, 6) is 0.0898. The van der Waals surface area contributed by atoms with Crippen molar-refractivity contribution < 1.29 is 14.6 Å². The van der Waals surface area contributed by atoms with Crippen LogP contribution in [0.5, 0.6) is 0 Å². The van der Waals surface area contributed by atoms with Gasteiger partial charge in [-0.1, -0.05) is 0 Å². The molecule has 0 aromatic heterocycles. The van der Waals surface area contributed by atoms with Gasteiger partial charge in [0.1, 0.15) is 0 Å². The van der Waals surface area contributed by atoms with Gasteiger partial charge in [0.2, 0.25) is 5.91 Å². The molecule has 1 heterocycles. The van der Waals surface area contributed by atoms with Crippen LogP contribution in [-0.2, 0) is 9.53 Å². The fourth-order valence-corrected chi connectivity index (χ4v) is 2.80. The van der Waals surface area contributed by atoms with E-state index in [4.69, 9.17) is 10.5 Å². The summed E-state index contributed by atoms with van der Waals surface area (Å²) in [6.45, 7) is 4.86. The Morgan fingerprint density at radius 2 is 2.17 bits per heavy atom. The first kappa shape index (κ1) is 13.8. The third-order valence-electron chi connectivity index (χ3n) is 3.89.